The molecule has 1 heterocycles. The minimum absolute atomic E-state index is 0.176. The Morgan fingerprint density at radius 3 is 2.58 bits per heavy atom. The van der Waals surface area contributed by atoms with Crippen molar-refractivity contribution in [1.82, 2.24) is 5.32 Å². The van der Waals surface area contributed by atoms with Gasteiger partial charge in [0.1, 0.15) is 17.3 Å². The number of rotatable bonds is 7. The van der Waals surface area contributed by atoms with Gasteiger partial charge in [0.2, 0.25) is 0 Å². The number of furan rings is 1. The molecule has 0 aliphatic carbocycles. The molecule has 0 spiro atoms. The molecule has 0 saturated heterocycles. The molecule has 4 nitrogen and oxygen atoms in total. The lowest BCUT2D eigenvalue weighted by atomic mass is 10.1. The summed E-state index contributed by atoms with van der Waals surface area (Å²) in [6.07, 6.45) is 0.620. The molecule has 0 radical (unpaired) electrons. The molecule has 26 heavy (non-hydrogen) atoms. The van der Waals surface area contributed by atoms with Crippen molar-refractivity contribution >= 4 is 5.97 Å². The molecule has 0 amide bonds. The topological polar surface area (TPSA) is 51.5 Å². The Balaban J connectivity index is 1.53. The Bertz CT molecular complexity index is 871. The number of carbonyl (C=O) groups is 1. The lowest BCUT2D eigenvalue weighted by Crippen LogP contribution is -2.16. The summed E-state index contributed by atoms with van der Waals surface area (Å²) in [6.45, 7) is 1.22. The molecule has 3 aromatic rings. The van der Waals surface area contributed by atoms with Gasteiger partial charge in [-0.1, -0.05) is 30.3 Å². The van der Waals surface area contributed by atoms with E-state index < -0.39 is 0 Å². The van der Waals surface area contributed by atoms with Gasteiger partial charge in [-0.05, 0) is 48.9 Å². The van der Waals surface area contributed by atoms with Crippen molar-refractivity contribution in [2.45, 2.75) is 13.0 Å². The van der Waals surface area contributed by atoms with Crippen LogP contribution in [0.5, 0.6) is 0 Å². The molecule has 0 aliphatic heterocycles. The molecule has 2 aromatic carbocycles. The van der Waals surface area contributed by atoms with Gasteiger partial charge in [-0.25, -0.2) is 9.18 Å². The van der Waals surface area contributed by atoms with Crippen LogP contribution in [0.4, 0.5) is 4.39 Å². The van der Waals surface area contributed by atoms with E-state index in [1.165, 1.54) is 13.2 Å². The summed E-state index contributed by atoms with van der Waals surface area (Å²) in [5.74, 6) is 0.985. The smallest absolute Gasteiger partial charge is 0.337 e. The quantitative estimate of drug-likeness (QED) is 0.511. The summed E-state index contributed by atoms with van der Waals surface area (Å²) < 4.78 is 24.1. The molecule has 3 rings (SSSR count). The highest BCUT2D eigenvalue weighted by Gasteiger charge is 2.08. The molecule has 0 bridgehead atoms. The Morgan fingerprint density at radius 1 is 1.08 bits per heavy atom. The van der Waals surface area contributed by atoms with E-state index in [4.69, 9.17) is 4.42 Å². The number of halogens is 1. The third-order valence-electron chi connectivity index (χ3n) is 4.08. The van der Waals surface area contributed by atoms with Crippen molar-refractivity contribution in [1.29, 1.82) is 0 Å². The van der Waals surface area contributed by atoms with E-state index in [2.05, 4.69) is 10.1 Å². The highest BCUT2D eigenvalue weighted by Crippen LogP contribution is 2.22. The van der Waals surface area contributed by atoms with Gasteiger partial charge in [-0.2, -0.15) is 0 Å². The first kappa shape index (κ1) is 17.9. The van der Waals surface area contributed by atoms with Crippen LogP contribution in [-0.2, 0) is 17.7 Å². The van der Waals surface area contributed by atoms with Crippen molar-refractivity contribution in [2.75, 3.05) is 13.7 Å². The van der Waals surface area contributed by atoms with Crippen molar-refractivity contribution in [3.63, 3.8) is 0 Å². The number of benzene rings is 2. The Hall–Kier alpha value is -2.92. The highest BCUT2D eigenvalue weighted by molar-refractivity contribution is 5.89. The molecule has 0 aliphatic rings. The fourth-order valence-corrected chi connectivity index (χ4v) is 2.65. The molecule has 134 valence electrons. The number of methoxy groups -OCH3 is 1. The fourth-order valence-electron chi connectivity index (χ4n) is 2.65. The monoisotopic (exact) mass is 353 g/mol. The van der Waals surface area contributed by atoms with Crippen molar-refractivity contribution < 1.29 is 18.3 Å². The van der Waals surface area contributed by atoms with E-state index in [-0.39, 0.29) is 11.8 Å². The second-order valence-corrected chi connectivity index (χ2v) is 5.85. The summed E-state index contributed by atoms with van der Waals surface area (Å²) in [4.78, 5) is 11.5. The minimum atomic E-state index is -0.365. The first-order valence-electron chi connectivity index (χ1n) is 8.39. The molecule has 0 fully saturated rings. The van der Waals surface area contributed by atoms with Crippen LogP contribution >= 0.6 is 0 Å². The molecule has 0 saturated carbocycles. The van der Waals surface area contributed by atoms with Crippen molar-refractivity contribution in [3.05, 3.63) is 83.4 Å². The second-order valence-electron chi connectivity index (χ2n) is 5.85. The predicted octanol–water partition coefficient (Wildman–Crippen LogP) is 4.20. The standard InChI is InChI=1S/C21H20FNO3/c1-25-21(24)17-8-6-16(7-9-17)20-11-10-18(26-20)14-23-13-12-15-4-2-3-5-19(15)22/h2-11,23H,12-14H2,1H3. The van der Waals surface area contributed by atoms with Gasteiger partial charge in [0.05, 0.1) is 19.2 Å². The summed E-state index contributed by atoms with van der Waals surface area (Å²) in [5, 5.41) is 3.25. The Kier molecular flexibility index (Phi) is 5.81. The predicted molar refractivity (Wildman–Crippen MR) is 97.3 cm³/mol. The maximum absolute atomic E-state index is 13.6. The van der Waals surface area contributed by atoms with Crippen molar-refractivity contribution in [2.24, 2.45) is 0 Å². The van der Waals surface area contributed by atoms with Crippen LogP contribution < -0.4 is 5.32 Å². The van der Waals surface area contributed by atoms with E-state index in [1.54, 1.807) is 24.3 Å². The average Bonchev–Trinajstić information content (AvgIpc) is 3.15. The zero-order chi connectivity index (χ0) is 18.4. The van der Waals surface area contributed by atoms with Crippen LogP contribution in [0.15, 0.2) is 65.1 Å². The van der Waals surface area contributed by atoms with Gasteiger partial charge in [0.25, 0.3) is 0 Å². The second kappa shape index (κ2) is 8.45. The first-order chi connectivity index (χ1) is 12.7. The molecule has 1 N–H and O–H groups in total. The van der Waals surface area contributed by atoms with E-state index in [0.29, 0.717) is 30.6 Å². The summed E-state index contributed by atoms with van der Waals surface area (Å²) >= 11 is 0. The Labute approximate surface area is 151 Å². The lowest BCUT2D eigenvalue weighted by Gasteiger charge is -2.04. The fraction of sp³-hybridized carbons (Fsp3) is 0.190. The van der Waals surface area contributed by atoms with E-state index in [9.17, 15) is 9.18 Å². The molecule has 5 heteroatoms. The van der Waals surface area contributed by atoms with Gasteiger partial charge >= 0.3 is 5.97 Å². The van der Waals surface area contributed by atoms with E-state index in [0.717, 1.165) is 17.1 Å². The number of carbonyl (C=O) groups excluding carboxylic acids is 1. The van der Waals surface area contributed by atoms with Crippen molar-refractivity contribution in [3.8, 4) is 11.3 Å². The average molecular weight is 353 g/mol. The van der Waals surface area contributed by atoms with Gasteiger partial charge in [0, 0.05) is 5.56 Å². The largest absolute Gasteiger partial charge is 0.465 e. The van der Waals surface area contributed by atoms with Crippen LogP contribution in [0.25, 0.3) is 11.3 Å². The molecular weight excluding hydrogens is 333 g/mol. The van der Waals surface area contributed by atoms with E-state index in [1.807, 2.05) is 30.3 Å². The van der Waals surface area contributed by atoms with Crippen LogP contribution in [0, 0.1) is 5.82 Å². The van der Waals surface area contributed by atoms with Crippen LogP contribution in [0.1, 0.15) is 21.7 Å². The van der Waals surface area contributed by atoms with Crippen LogP contribution in [0.2, 0.25) is 0 Å². The van der Waals surface area contributed by atoms with Gasteiger partial charge in [-0.15, -0.1) is 0 Å². The van der Waals surface area contributed by atoms with E-state index >= 15 is 0 Å². The van der Waals surface area contributed by atoms with Gasteiger partial charge in [-0.3, -0.25) is 0 Å². The number of nitrogens with one attached hydrogen (secondary N) is 1. The minimum Gasteiger partial charge on any atom is -0.465 e. The maximum Gasteiger partial charge on any atom is 0.337 e. The Morgan fingerprint density at radius 2 is 1.85 bits per heavy atom. The lowest BCUT2D eigenvalue weighted by molar-refractivity contribution is 0.0600. The molecule has 1 aromatic heterocycles. The number of hydrogen-bond donors (Lipinski definition) is 1. The van der Waals surface area contributed by atoms with Crippen LogP contribution in [0.3, 0.4) is 0 Å². The third-order valence-corrected chi connectivity index (χ3v) is 4.08. The molecule has 0 atom stereocenters. The number of esters is 1. The summed E-state index contributed by atoms with van der Waals surface area (Å²) in [7, 11) is 1.36. The zero-order valence-corrected chi connectivity index (χ0v) is 14.5. The summed E-state index contributed by atoms with van der Waals surface area (Å²) in [5.41, 5.74) is 2.08. The SMILES string of the molecule is COC(=O)c1ccc(-c2ccc(CNCCc3ccccc3F)o2)cc1. The zero-order valence-electron chi connectivity index (χ0n) is 14.5. The molecular formula is C21H20FNO3. The van der Waals surface area contributed by atoms with Gasteiger partial charge < -0.3 is 14.5 Å². The maximum atomic E-state index is 13.6. The molecule has 0 unspecified atom stereocenters. The number of ether oxygens (including phenoxy) is 1. The van der Waals surface area contributed by atoms with Gasteiger partial charge in [0.15, 0.2) is 0 Å². The third kappa shape index (κ3) is 4.37. The highest BCUT2D eigenvalue weighted by atomic mass is 19.1. The summed E-state index contributed by atoms with van der Waals surface area (Å²) in [6, 6.07) is 17.6. The first-order valence-corrected chi connectivity index (χ1v) is 8.39. The van der Waals surface area contributed by atoms with Crippen LogP contribution in [-0.4, -0.2) is 19.6 Å². The number of hydrogen-bond acceptors (Lipinski definition) is 4. The normalized spacial score (nSPS) is 10.7.